The first-order chi connectivity index (χ1) is 6.33. The van der Waals surface area contributed by atoms with E-state index in [1.54, 1.807) is 17.5 Å². The Hall–Kier alpha value is -1.13. The molecule has 0 saturated carbocycles. The molecule has 0 amide bonds. The molecular formula is C9H10N2OS. The molecule has 0 radical (unpaired) electrons. The second kappa shape index (κ2) is 3.32. The number of aliphatic hydroxyl groups is 1. The Morgan fingerprint density at radius 3 is 3.08 bits per heavy atom. The quantitative estimate of drug-likeness (QED) is 0.790. The van der Waals surface area contributed by atoms with Gasteiger partial charge in [-0.25, -0.2) is 4.98 Å². The van der Waals surface area contributed by atoms with Crippen molar-refractivity contribution in [2.75, 3.05) is 0 Å². The van der Waals surface area contributed by atoms with Crippen molar-refractivity contribution in [3.05, 3.63) is 35.2 Å². The van der Waals surface area contributed by atoms with Gasteiger partial charge in [0.15, 0.2) is 0 Å². The normalized spacial score (nSPS) is 10.6. The van der Waals surface area contributed by atoms with Gasteiger partial charge in [-0.3, -0.25) is 4.57 Å². The van der Waals surface area contributed by atoms with E-state index in [2.05, 4.69) is 11.1 Å². The molecule has 2 rings (SSSR count). The van der Waals surface area contributed by atoms with E-state index < -0.39 is 0 Å². The lowest BCUT2D eigenvalue weighted by atomic mass is 10.3. The molecule has 0 aliphatic heterocycles. The van der Waals surface area contributed by atoms with E-state index in [-0.39, 0.29) is 6.61 Å². The number of hydrogen-bond donors (Lipinski definition) is 1. The van der Waals surface area contributed by atoms with Crippen LogP contribution in [0.2, 0.25) is 0 Å². The summed E-state index contributed by atoms with van der Waals surface area (Å²) in [4.78, 5) is 4.05. The van der Waals surface area contributed by atoms with Gasteiger partial charge >= 0.3 is 0 Å². The van der Waals surface area contributed by atoms with E-state index in [4.69, 9.17) is 5.11 Å². The third-order valence-corrected chi connectivity index (χ3v) is 2.93. The van der Waals surface area contributed by atoms with Gasteiger partial charge in [-0.05, 0) is 23.9 Å². The zero-order chi connectivity index (χ0) is 9.26. The monoisotopic (exact) mass is 194 g/mol. The van der Waals surface area contributed by atoms with Crippen molar-refractivity contribution in [3.8, 4) is 5.00 Å². The predicted octanol–water partition coefficient (Wildman–Crippen LogP) is 1.73. The van der Waals surface area contributed by atoms with Crippen molar-refractivity contribution >= 4 is 11.3 Å². The summed E-state index contributed by atoms with van der Waals surface area (Å²) in [6.07, 6.45) is 3.56. The summed E-state index contributed by atoms with van der Waals surface area (Å²) in [7, 11) is 0. The van der Waals surface area contributed by atoms with Crippen LogP contribution in [0.1, 0.15) is 11.4 Å². The van der Waals surface area contributed by atoms with E-state index >= 15 is 0 Å². The maximum absolute atomic E-state index is 9.02. The number of imidazole rings is 1. The second-order valence-corrected chi connectivity index (χ2v) is 3.67. The van der Waals surface area contributed by atoms with Crippen LogP contribution in [0.3, 0.4) is 0 Å². The van der Waals surface area contributed by atoms with E-state index in [1.807, 2.05) is 23.1 Å². The molecule has 0 unspecified atom stereocenters. The maximum atomic E-state index is 9.02. The molecule has 1 N–H and O–H groups in total. The minimum absolute atomic E-state index is 0.0235. The highest BCUT2D eigenvalue weighted by Gasteiger charge is 2.06. The van der Waals surface area contributed by atoms with Gasteiger partial charge < -0.3 is 5.11 Å². The molecule has 3 nitrogen and oxygen atoms in total. The van der Waals surface area contributed by atoms with Crippen LogP contribution in [0.4, 0.5) is 0 Å². The summed E-state index contributed by atoms with van der Waals surface area (Å²) < 4.78 is 1.92. The van der Waals surface area contributed by atoms with Crippen molar-refractivity contribution in [3.63, 3.8) is 0 Å². The van der Waals surface area contributed by atoms with Crippen LogP contribution in [-0.2, 0) is 6.61 Å². The lowest BCUT2D eigenvalue weighted by molar-refractivity contribution is 0.269. The van der Waals surface area contributed by atoms with Crippen molar-refractivity contribution in [2.24, 2.45) is 0 Å². The Balaban J connectivity index is 2.52. The number of rotatable bonds is 2. The fourth-order valence-electron chi connectivity index (χ4n) is 1.25. The van der Waals surface area contributed by atoms with Crippen molar-refractivity contribution in [2.45, 2.75) is 13.5 Å². The van der Waals surface area contributed by atoms with Crippen LogP contribution in [0.15, 0.2) is 23.8 Å². The molecule has 0 aromatic carbocycles. The van der Waals surface area contributed by atoms with Crippen LogP contribution in [0.5, 0.6) is 0 Å². The number of aromatic nitrogens is 2. The smallest absolute Gasteiger partial charge is 0.139 e. The zero-order valence-corrected chi connectivity index (χ0v) is 8.08. The van der Waals surface area contributed by atoms with Crippen LogP contribution < -0.4 is 0 Å². The lowest BCUT2D eigenvalue weighted by Crippen LogP contribution is -1.98. The first-order valence-corrected chi connectivity index (χ1v) is 4.88. The Morgan fingerprint density at radius 1 is 1.62 bits per heavy atom. The summed E-state index contributed by atoms with van der Waals surface area (Å²) in [5, 5.41) is 12.2. The molecule has 0 bridgehead atoms. The van der Waals surface area contributed by atoms with Crippen molar-refractivity contribution in [1.29, 1.82) is 0 Å². The van der Waals surface area contributed by atoms with Gasteiger partial charge in [0.1, 0.15) is 17.4 Å². The van der Waals surface area contributed by atoms with Gasteiger partial charge in [0, 0.05) is 12.4 Å². The van der Waals surface area contributed by atoms with Gasteiger partial charge in [0.2, 0.25) is 0 Å². The van der Waals surface area contributed by atoms with E-state index in [1.165, 1.54) is 5.56 Å². The largest absolute Gasteiger partial charge is 0.388 e. The van der Waals surface area contributed by atoms with Gasteiger partial charge in [-0.2, -0.15) is 0 Å². The molecular weight excluding hydrogens is 184 g/mol. The SMILES string of the molecule is Cc1ccsc1-n1ccnc1CO. The third-order valence-electron chi connectivity index (χ3n) is 1.91. The first-order valence-electron chi connectivity index (χ1n) is 4.00. The molecule has 13 heavy (non-hydrogen) atoms. The van der Waals surface area contributed by atoms with Crippen LogP contribution in [0.25, 0.3) is 5.00 Å². The Morgan fingerprint density at radius 2 is 2.46 bits per heavy atom. The van der Waals surface area contributed by atoms with E-state index in [0.29, 0.717) is 5.82 Å². The maximum Gasteiger partial charge on any atom is 0.139 e. The minimum Gasteiger partial charge on any atom is -0.388 e. The molecule has 2 heterocycles. The number of hydrogen-bond acceptors (Lipinski definition) is 3. The highest BCUT2D eigenvalue weighted by molar-refractivity contribution is 7.12. The van der Waals surface area contributed by atoms with Gasteiger partial charge in [0.05, 0.1) is 0 Å². The van der Waals surface area contributed by atoms with Crippen LogP contribution >= 0.6 is 11.3 Å². The number of thiophene rings is 1. The number of nitrogens with zero attached hydrogens (tertiary/aromatic N) is 2. The molecule has 0 atom stereocenters. The number of aliphatic hydroxyl groups excluding tert-OH is 1. The third kappa shape index (κ3) is 1.38. The molecule has 0 fully saturated rings. The molecule has 4 heteroatoms. The van der Waals surface area contributed by atoms with Gasteiger partial charge in [-0.1, -0.05) is 0 Å². The minimum atomic E-state index is -0.0235. The van der Waals surface area contributed by atoms with E-state index in [0.717, 1.165) is 5.00 Å². The van der Waals surface area contributed by atoms with Crippen molar-refractivity contribution < 1.29 is 5.11 Å². The topological polar surface area (TPSA) is 38.0 Å². The Kier molecular flexibility index (Phi) is 2.16. The average molecular weight is 194 g/mol. The standard InChI is InChI=1S/C9H10N2OS/c1-7-2-5-13-9(7)11-4-3-10-8(11)6-12/h2-5,12H,6H2,1H3. The molecule has 68 valence electrons. The Labute approximate surface area is 80.3 Å². The fourth-order valence-corrected chi connectivity index (χ4v) is 2.18. The van der Waals surface area contributed by atoms with Crippen LogP contribution in [0, 0.1) is 6.92 Å². The molecule has 2 aromatic rings. The van der Waals surface area contributed by atoms with Gasteiger partial charge in [0.25, 0.3) is 0 Å². The van der Waals surface area contributed by atoms with E-state index in [9.17, 15) is 0 Å². The predicted molar refractivity (Wildman–Crippen MR) is 52.1 cm³/mol. The second-order valence-electron chi connectivity index (χ2n) is 2.78. The first kappa shape index (κ1) is 8.47. The van der Waals surface area contributed by atoms with Crippen molar-refractivity contribution in [1.82, 2.24) is 9.55 Å². The highest BCUT2D eigenvalue weighted by Crippen LogP contribution is 2.21. The molecule has 2 aromatic heterocycles. The van der Waals surface area contributed by atoms with Gasteiger partial charge in [-0.15, -0.1) is 11.3 Å². The molecule has 0 saturated heterocycles. The fraction of sp³-hybridized carbons (Fsp3) is 0.222. The summed E-state index contributed by atoms with van der Waals surface area (Å²) in [6, 6.07) is 2.06. The molecule has 0 spiro atoms. The van der Waals surface area contributed by atoms with Crippen LogP contribution in [-0.4, -0.2) is 14.7 Å². The summed E-state index contributed by atoms with van der Waals surface area (Å²) >= 11 is 1.65. The number of aryl methyl sites for hydroxylation is 1. The lowest BCUT2D eigenvalue weighted by Gasteiger charge is -2.03. The molecule has 0 aliphatic carbocycles. The molecule has 0 aliphatic rings. The summed E-state index contributed by atoms with van der Waals surface area (Å²) in [6.45, 7) is 2.03. The highest BCUT2D eigenvalue weighted by atomic mass is 32.1. The summed E-state index contributed by atoms with van der Waals surface area (Å²) in [5.74, 6) is 0.686. The summed E-state index contributed by atoms with van der Waals surface area (Å²) in [5.41, 5.74) is 1.21. The Bertz CT molecular complexity index is 405. The average Bonchev–Trinajstić information content (AvgIpc) is 2.71. The zero-order valence-electron chi connectivity index (χ0n) is 7.27.